The molecule has 2 unspecified atom stereocenters. The van der Waals surface area contributed by atoms with E-state index in [0.717, 1.165) is 70.3 Å². The Kier molecular flexibility index (Phi) is 4.87. The molecule has 25 heavy (non-hydrogen) atoms. The zero-order valence-electron chi connectivity index (χ0n) is 15.0. The topological polar surface area (TPSA) is 65.7 Å². The highest BCUT2D eigenvalue weighted by molar-refractivity contribution is 5.83. The molecule has 0 aromatic carbocycles. The van der Waals surface area contributed by atoms with E-state index < -0.39 is 5.60 Å². The van der Waals surface area contributed by atoms with Crippen LogP contribution < -0.4 is 5.32 Å². The van der Waals surface area contributed by atoms with Crippen molar-refractivity contribution in [2.24, 2.45) is 5.92 Å². The highest BCUT2D eigenvalue weighted by Crippen LogP contribution is 2.47. The quantitative estimate of drug-likeness (QED) is 0.860. The summed E-state index contributed by atoms with van der Waals surface area (Å²) in [7, 11) is 0. The van der Waals surface area contributed by atoms with E-state index in [1.54, 1.807) is 6.26 Å². The number of rotatable bonds is 5. The number of nitrogens with one attached hydrogen (secondary N) is 1. The molecule has 3 aliphatic rings. The largest absolute Gasteiger partial charge is 0.469 e. The van der Waals surface area contributed by atoms with Gasteiger partial charge in [-0.25, -0.2) is 0 Å². The van der Waals surface area contributed by atoms with E-state index in [1.165, 1.54) is 6.42 Å². The second kappa shape index (κ2) is 7.12. The van der Waals surface area contributed by atoms with E-state index >= 15 is 0 Å². The van der Waals surface area contributed by atoms with Crippen LogP contribution in [-0.4, -0.2) is 47.2 Å². The lowest BCUT2D eigenvalue weighted by Crippen LogP contribution is -2.50. The summed E-state index contributed by atoms with van der Waals surface area (Å²) >= 11 is 0. The molecule has 1 aromatic rings. The maximum Gasteiger partial charge on any atom is 0.224 e. The summed E-state index contributed by atoms with van der Waals surface area (Å²) in [6.07, 6.45) is 10.0. The molecular weight excluding hydrogens is 316 g/mol. The van der Waals surface area contributed by atoms with Crippen LogP contribution in [-0.2, 0) is 4.79 Å². The van der Waals surface area contributed by atoms with E-state index in [-0.39, 0.29) is 23.8 Å². The van der Waals surface area contributed by atoms with Gasteiger partial charge in [0.05, 0.1) is 11.9 Å². The van der Waals surface area contributed by atoms with Gasteiger partial charge in [-0.2, -0.15) is 0 Å². The summed E-state index contributed by atoms with van der Waals surface area (Å²) in [6.45, 7) is 2.75. The monoisotopic (exact) mass is 346 g/mol. The van der Waals surface area contributed by atoms with Crippen LogP contribution in [0, 0.1) is 5.92 Å². The average molecular weight is 346 g/mol. The second-order valence-corrected chi connectivity index (χ2v) is 8.31. The van der Waals surface area contributed by atoms with Gasteiger partial charge in [-0.15, -0.1) is 0 Å². The summed E-state index contributed by atoms with van der Waals surface area (Å²) < 4.78 is 5.41. The molecule has 0 spiro atoms. The number of carbonyl (C=O) groups is 1. The number of carbonyl (C=O) groups excluding carboxylic acids is 1. The predicted octanol–water partition coefficient (Wildman–Crippen LogP) is 2.66. The maximum atomic E-state index is 12.4. The fraction of sp³-hybridized carbons (Fsp3) is 0.750. The van der Waals surface area contributed by atoms with Crippen molar-refractivity contribution >= 4 is 5.91 Å². The summed E-state index contributed by atoms with van der Waals surface area (Å²) in [5.74, 6) is 1.49. The minimum atomic E-state index is -0.474. The van der Waals surface area contributed by atoms with Gasteiger partial charge in [-0.1, -0.05) is 19.3 Å². The molecule has 138 valence electrons. The molecule has 2 aliphatic carbocycles. The van der Waals surface area contributed by atoms with Crippen molar-refractivity contribution in [2.45, 2.75) is 68.9 Å². The van der Waals surface area contributed by atoms with E-state index in [4.69, 9.17) is 4.42 Å². The van der Waals surface area contributed by atoms with Crippen LogP contribution in [0.1, 0.15) is 63.0 Å². The highest BCUT2D eigenvalue weighted by atomic mass is 16.3. The summed E-state index contributed by atoms with van der Waals surface area (Å²) in [6, 6.07) is 4.13. The fourth-order valence-electron chi connectivity index (χ4n) is 4.63. The Hall–Kier alpha value is -1.33. The van der Waals surface area contributed by atoms with Crippen LogP contribution in [0.15, 0.2) is 22.8 Å². The van der Waals surface area contributed by atoms with E-state index in [0.29, 0.717) is 0 Å². The lowest BCUT2D eigenvalue weighted by atomic mass is 9.84. The van der Waals surface area contributed by atoms with E-state index in [2.05, 4.69) is 10.2 Å². The van der Waals surface area contributed by atoms with Crippen molar-refractivity contribution in [3.05, 3.63) is 24.2 Å². The molecule has 1 amide bonds. The predicted molar refractivity (Wildman–Crippen MR) is 95.2 cm³/mol. The lowest BCUT2D eigenvalue weighted by Gasteiger charge is -2.40. The average Bonchev–Trinajstić information content (AvgIpc) is 3.23. The summed E-state index contributed by atoms with van der Waals surface area (Å²) in [5, 5.41) is 14.0. The van der Waals surface area contributed by atoms with Crippen molar-refractivity contribution in [1.82, 2.24) is 10.2 Å². The SMILES string of the molecule is O=C(NC1CCN(CC2(O)CCCCC2)CC1)C1CC1c1ccco1. The Morgan fingerprint density at radius 3 is 2.72 bits per heavy atom. The number of piperidine rings is 1. The molecule has 5 nitrogen and oxygen atoms in total. The minimum absolute atomic E-state index is 0.0899. The Morgan fingerprint density at radius 2 is 2.04 bits per heavy atom. The Balaban J connectivity index is 1.20. The van der Waals surface area contributed by atoms with Crippen molar-refractivity contribution < 1.29 is 14.3 Å². The maximum absolute atomic E-state index is 12.4. The molecule has 5 heteroatoms. The number of furan rings is 1. The number of likely N-dealkylation sites (tertiary alicyclic amines) is 1. The van der Waals surface area contributed by atoms with Gasteiger partial charge in [0.25, 0.3) is 0 Å². The van der Waals surface area contributed by atoms with Crippen molar-refractivity contribution in [3.8, 4) is 0 Å². The molecule has 0 radical (unpaired) electrons. The first-order valence-corrected chi connectivity index (χ1v) is 9.91. The Labute approximate surface area is 149 Å². The number of β-amino-alcohol motifs (C(OH)–C–C–N with tert-alkyl or cyclic N) is 1. The van der Waals surface area contributed by atoms with Gasteiger partial charge in [-0.05, 0) is 44.2 Å². The third kappa shape index (κ3) is 4.09. The van der Waals surface area contributed by atoms with Gasteiger partial charge in [0.1, 0.15) is 5.76 Å². The molecule has 2 heterocycles. The molecule has 1 aromatic heterocycles. The zero-order chi connectivity index (χ0) is 17.3. The van der Waals surface area contributed by atoms with E-state index in [1.807, 2.05) is 12.1 Å². The van der Waals surface area contributed by atoms with Crippen LogP contribution >= 0.6 is 0 Å². The molecule has 1 saturated heterocycles. The highest BCUT2D eigenvalue weighted by Gasteiger charge is 2.46. The molecular formula is C20H30N2O3. The van der Waals surface area contributed by atoms with Gasteiger partial charge < -0.3 is 19.7 Å². The summed E-state index contributed by atoms with van der Waals surface area (Å²) in [4.78, 5) is 14.8. The van der Waals surface area contributed by atoms with Gasteiger partial charge in [0, 0.05) is 37.5 Å². The number of hydrogen-bond acceptors (Lipinski definition) is 4. The molecule has 2 saturated carbocycles. The standard InChI is InChI=1S/C20H30N2O3/c23-19(17-13-16(17)18-5-4-12-25-18)21-15-6-10-22(11-7-15)14-20(24)8-2-1-3-9-20/h4-5,12,15-17,24H,1-3,6-11,13-14H2,(H,21,23). The number of nitrogens with zero attached hydrogens (tertiary/aromatic N) is 1. The Bertz CT molecular complexity index is 572. The second-order valence-electron chi connectivity index (χ2n) is 8.31. The first-order valence-electron chi connectivity index (χ1n) is 9.91. The van der Waals surface area contributed by atoms with Crippen molar-refractivity contribution in [1.29, 1.82) is 0 Å². The van der Waals surface area contributed by atoms with Crippen LogP contribution in [0.4, 0.5) is 0 Å². The normalized spacial score (nSPS) is 30.1. The van der Waals surface area contributed by atoms with Crippen LogP contribution in [0.3, 0.4) is 0 Å². The lowest BCUT2D eigenvalue weighted by molar-refractivity contribution is -0.123. The smallest absolute Gasteiger partial charge is 0.224 e. The van der Waals surface area contributed by atoms with Crippen LogP contribution in [0.25, 0.3) is 0 Å². The van der Waals surface area contributed by atoms with Gasteiger partial charge in [-0.3, -0.25) is 4.79 Å². The van der Waals surface area contributed by atoms with Crippen molar-refractivity contribution in [2.75, 3.05) is 19.6 Å². The summed E-state index contributed by atoms with van der Waals surface area (Å²) in [5.41, 5.74) is -0.474. The fourth-order valence-corrected chi connectivity index (χ4v) is 4.63. The molecule has 1 aliphatic heterocycles. The van der Waals surface area contributed by atoms with E-state index in [9.17, 15) is 9.90 Å². The van der Waals surface area contributed by atoms with Crippen LogP contribution in [0.2, 0.25) is 0 Å². The minimum Gasteiger partial charge on any atom is -0.469 e. The number of hydrogen-bond donors (Lipinski definition) is 2. The van der Waals surface area contributed by atoms with Gasteiger partial charge in [0.2, 0.25) is 5.91 Å². The first kappa shape index (κ1) is 17.1. The molecule has 0 bridgehead atoms. The van der Waals surface area contributed by atoms with Crippen LogP contribution in [0.5, 0.6) is 0 Å². The third-order valence-electron chi connectivity index (χ3n) is 6.27. The number of amides is 1. The Morgan fingerprint density at radius 1 is 1.28 bits per heavy atom. The first-order chi connectivity index (χ1) is 12.1. The molecule has 2 atom stereocenters. The van der Waals surface area contributed by atoms with Gasteiger partial charge in [0.15, 0.2) is 0 Å². The van der Waals surface area contributed by atoms with Gasteiger partial charge >= 0.3 is 0 Å². The molecule has 3 fully saturated rings. The third-order valence-corrected chi connectivity index (χ3v) is 6.27. The molecule has 2 N–H and O–H groups in total. The molecule has 4 rings (SSSR count). The van der Waals surface area contributed by atoms with Crippen molar-refractivity contribution in [3.63, 3.8) is 0 Å². The zero-order valence-corrected chi connectivity index (χ0v) is 15.0. The number of aliphatic hydroxyl groups is 1.